The van der Waals surface area contributed by atoms with Gasteiger partial charge in [0.2, 0.25) is 5.89 Å². The molecule has 1 aliphatic heterocycles. The van der Waals surface area contributed by atoms with Gasteiger partial charge in [0, 0.05) is 26.6 Å². The average Bonchev–Trinajstić information content (AvgIpc) is 3.25. The molecule has 1 saturated heterocycles. The van der Waals surface area contributed by atoms with Gasteiger partial charge in [0.15, 0.2) is 5.82 Å². The molecule has 1 aromatic carbocycles. The number of hydrogen-bond acceptors (Lipinski definition) is 5. The molecule has 4 rings (SSSR count). The second-order valence-corrected chi connectivity index (χ2v) is 6.29. The van der Waals surface area contributed by atoms with E-state index >= 15 is 0 Å². The summed E-state index contributed by atoms with van der Waals surface area (Å²) in [5.74, 6) is 3.02. The smallest absolute Gasteiger partial charge is 0.231 e. The lowest BCUT2D eigenvalue weighted by Gasteiger charge is -2.14. The van der Waals surface area contributed by atoms with Gasteiger partial charge in [-0.2, -0.15) is 4.98 Å². The van der Waals surface area contributed by atoms with Crippen LogP contribution in [0.3, 0.4) is 0 Å². The minimum Gasteiger partial charge on any atom is -0.339 e. The first-order chi connectivity index (χ1) is 11.2. The minimum atomic E-state index is 0.372. The van der Waals surface area contributed by atoms with Gasteiger partial charge in [0.1, 0.15) is 5.82 Å². The second-order valence-electron chi connectivity index (χ2n) is 6.29. The highest BCUT2D eigenvalue weighted by Crippen LogP contribution is 2.26. The van der Waals surface area contributed by atoms with Gasteiger partial charge in [-0.3, -0.25) is 0 Å². The average molecular weight is 311 g/mol. The summed E-state index contributed by atoms with van der Waals surface area (Å²) in [5.41, 5.74) is 2.27. The molecule has 1 fully saturated rings. The zero-order chi connectivity index (χ0) is 15.8. The molecule has 0 bridgehead atoms. The molecular weight excluding hydrogens is 290 g/mol. The Morgan fingerprint density at radius 3 is 2.91 bits per heavy atom. The maximum absolute atomic E-state index is 5.31. The molecule has 3 heterocycles. The lowest BCUT2D eigenvalue weighted by atomic mass is 10.1. The van der Waals surface area contributed by atoms with Crippen LogP contribution in [-0.4, -0.2) is 44.2 Å². The Labute approximate surface area is 135 Å². The molecule has 0 aliphatic carbocycles. The van der Waals surface area contributed by atoms with Gasteiger partial charge < -0.3 is 14.0 Å². The standard InChI is InChI=1S/C17H21N5O/c1-12-18-17(23-20-12)13-7-9-22(11-13)10-8-16-19-14-5-3-4-6-15(14)21(16)2/h3-6,13H,7-11H2,1-2H3/t13-/m1/s1. The first kappa shape index (κ1) is 14.4. The summed E-state index contributed by atoms with van der Waals surface area (Å²) in [6.45, 7) is 4.95. The van der Waals surface area contributed by atoms with Crippen LogP contribution in [0.15, 0.2) is 28.8 Å². The monoisotopic (exact) mass is 311 g/mol. The summed E-state index contributed by atoms with van der Waals surface area (Å²) in [6.07, 6.45) is 2.05. The highest BCUT2D eigenvalue weighted by Gasteiger charge is 2.28. The van der Waals surface area contributed by atoms with E-state index in [9.17, 15) is 0 Å². The quantitative estimate of drug-likeness (QED) is 0.740. The molecule has 0 unspecified atom stereocenters. The Morgan fingerprint density at radius 2 is 2.13 bits per heavy atom. The van der Waals surface area contributed by atoms with Crippen LogP contribution in [0.4, 0.5) is 0 Å². The number of nitrogens with zero attached hydrogens (tertiary/aromatic N) is 5. The van der Waals surface area contributed by atoms with Gasteiger partial charge in [-0.15, -0.1) is 0 Å². The fourth-order valence-electron chi connectivity index (χ4n) is 3.39. The lowest BCUT2D eigenvalue weighted by Crippen LogP contribution is -2.24. The van der Waals surface area contributed by atoms with E-state index < -0.39 is 0 Å². The van der Waals surface area contributed by atoms with Crippen molar-refractivity contribution in [3.8, 4) is 0 Å². The Bertz CT molecular complexity index is 821. The highest BCUT2D eigenvalue weighted by atomic mass is 16.5. The summed E-state index contributed by atoms with van der Waals surface area (Å²) < 4.78 is 7.51. The first-order valence-electron chi connectivity index (χ1n) is 8.13. The molecule has 0 radical (unpaired) electrons. The van der Waals surface area contributed by atoms with Gasteiger partial charge >= 0.3 is 0 Å². The van der Waals surface area contributed by atoms with Gasteiger partial charge in [0.25, 0.3) is 0 Å². The number of aromatic nitrogens is 4. The fraction of sp³-hybridized carbons (Fsp3) is 0.471. The van der Waals surface area contributed by atoms with Crippen molar-refractivity contribution in [1.82, 2.24) is 24.6 Å². The Morgan fingerprint density at radius 1 is 1.26 bits per heavy atom. The molecule has 23 heavy (non-hydrogen) atoms. The molecule has 0 saturated carbocycles. The normalized spacial score (nSPS) is 19.0. The molecule has 6 nitrogen and oxygen atoms in total. The highest BCUT2D eigenvalue weighted by molar-refractivity contribution is 5.75. The Hall–Kier alpha value is -2.21. The van der Waals surface area contributed by atoms with Crippen LogP contribution >= 0.6 is 0 Å². The van der Waals surface area contributed by atoms with Crippen LogP contribution in [0, 0.1) is 6.92 Å². The zero-order valence-corrected chi connectivity index (χ0v) is 13.6. The van der Waals surface area contributed by atoms with Crippen molar-refractivity contribution < 1.29 is 4.52 Å². The van der Waals surface area contributed by atoms with Crippen molar-refractivity contribution in [3.63, 3.8) is 0 Å². The number of fused-ring (bicyclic) bond motifs is 1. The molecule has 2 aromatic heterocycles. The van der Waals surface area contributed by atoms with E-state index in [0.717, 1.165) is 55.5 Å². The number of hydrogen-bond donors (Lipinski definition) is 0. The molecule has 6 heteroatoms. The predicted molar refractivity (Wildman–Crippen MR) is 87.3 cm³/mol. The van der Waals surface area contributed by atoms with Crippen molar-refractivity contribution in [2.24, 2.45) is 7.05 Å². The van der Waals surface area contributed by atoms with Crippen molar-refractivity contribution in [2.75, 3.05) is 19.6 Å². The first-order valence-corrected chi connectivity index (χ1v) is 8.13. The van der Waals surface area contributed by atoms with E-state index in [1.807, 2.05) is 13.0 Å². The molecule has 0 amide bonds. The summed E-state index contributed by atoms with van der Waals surface area (Å²) in [4.78, 5) is 11.6. The fourth-order valence-corrected chi connectivity index (χ4v) is 3.39. The number of rotatable bonds is 4. The molecule has 1 atom stereocenters. The molecular formula is C17H21N5O. The predicted octanol–water partition coefficient (Wildman–Crippen LogP) is 2.30. The maximum Gasteiger partial charge on any atom is 0.231 e. The van der Waals surface area contributed by atoms with Crippen molar-refractivity contribution >= 4 is 11.0 Å². The van der Waals surface area contributed by atoms with Gasteiger partial charge in [-0.05, 0) is 32.0 Å². The third kappa shape index (κ3) is 2.74. The number of imidazole rings is 1. The topological polar surface area (TPSA) is 60.0 Å². The van der Waals surface area contributed by atoms with Crippen molar-refractivity contribution in [2.45, 2.75) is 25.7 Å². The van der Waals surface area contributed by atoms with E-state index in [1.165, 1.54) is 5.52 Å². The van der Waals surface area contributed by atoms with E-state index in [-0.39, 0.29) is 0 Å². The number of likely N-dealkylation sites (tertiary alicyclic amines) is 1. The van der Waals surface area contributed by atoms with Crippen LogP contribution in [0.2, 0.25) is 0 Å². The van der Waals surface area contributed by atoms with Crippen LogP contribution in [0.5, 0.6) is 0 Å². The summed E-state index contributed by atoms with van der Waals surface area (Å²) >= 11 is 0. The SMILES string of the molecule is Cc1noc([C@@H]2CCN(CCc3nc4ccccc4n3C)C2)n1. The lowest BCUT2D eigenvalue weighted by molar-refractivity contribution is 0.315. The number of aryl methyl sites for hydroxylation is 2. The molecule has 120 valence electrons. The second kappa shape index (κ2) is 5.77. The van der Waals surface area contributed by atoms with Crippen LogP contribution in [0.25, 0.3) is 11.0 Å². The van der Waals surface area contributed by atoms with E-state index in [0.29, 0.717) is 5.92 Å². The largest absolute Gasteiger partial charge is 0.339 e. The maximum atomic E-state index is 5.31. The minimum absolute atomic E-state index is 0.372. The summed E-state index contributed by atoms with van der Waals surface area (Å²) in [5, 5.41) is 3.90. The molecule has 0 N–H and O–H groups in total. The molecule has 3 aromatic rings. The number of benzene rings is 1. The third-order valence-corrected chi connectivity index (χ3v) is 4.70. The Kier molecular flexibility index (Phi) is 3.61. The zero-order valence-electron chi connectivity index (χ0n) is 13.6. The third-order valence-electron chi connectivity index (χ3n) is 4.70. The van der Waals surface area contributed by atoms with Gasteiger partial charge in [0.05, 0.1) is 17.0 Å². The summed E-state index contributed by atoms with van der Waals surface area (Å²) in [6, 6.07) is 8.29. The van der Waals surface area contributed by atoms with Gasteiger partial charge in [-0.1, -0.05) is 17.3 Å². The van der Waals surface area contributed by atoms with Gasteiger partial charge in [-0.25, -0.2) is 4.98 Å². The molecule has 1 aliphatic rings. The van der Waals surface area contributed by atoms with Crippen LogP contribution in [-0.2, 0) is 13.5 Å². The van der Waals surface area contributed by atoms with Crippen molar-refractivity contribution in [3.05, 3.63) is 41.8 Å². The van der Waals surface area contributed by atoms with Crippen molar-refractivity contribution in [1.29, 1.82) is 0 Å². The van der Waals surface area contributed by atoms with E-state index in [1.54, 1.807) is 0 Å². The van der Waals surface area contributed by atoms with E-state index in [4.69, 9.17) is 9.51 Å². The van der Waals surface area contributed by atoms with E-state index in [2.05, 4.69) is 44.9 Å². The van der Waals surface area contributed by atoms with Crippen LogP contribution in [0.1, 0.15) is 29.9 Å². The number of para-hydroxylation sites is 2. The summed E-state index contributed by atoms with van der Waals surface area (Å²) in [7, 11) is 2.10. The Balaban J connectivity index is 1.40. The molecule has 0 spiro atoms. The van der Waals surface area contributed by atoms with Crippen LogP contribution < -0.4 is 0 Å².